The highest BCUT2D eigenvalue weighted by molar-refractivity contribution is 5.99. The molecule has 4 nitrogen and oxygen atoms in total. The highest BCUT2D eigenvalue weighted by Crippen LogP contribution is 2.36. The number of carboxylic acid groups (broad SMARTS) is 1. The number of carbonyl (C=O) groups excluding carboxylic acids is 1. The number of halogens is 3. The van der Waals surface area contributed by atoms with Crippen LogP contribution >= 0.6 is 0 Å². The Morgan fingerprint density at radius 2 is 1.78 bits per heavy atom. The first-order valence-electron chi connectivity index (χ1n) is 5.07. The average molecular weight is 259 g/mol. The quantitative estimate of drug-likeness (QED) is 0.807. The number of nitrogens with one attached hydrogen (secondary N) is 1. The summed E-state index contributed by atoms with van der Waals surface area (Å²) in [6.45, 7) is 0. The van der Waals surface area contributed by atoms with E-state index in [4.69, 9.17) is 5.11 Å². The zero-order valence-electron chi connectivity index (χ0n) is 8.97. The van der Waals surface area contributed by atoms with Gasteiger partial charge in [0.15, 0.2) is 17.5 Å². The Labute approximate surface area is 99.4 Å². The third kappa shape index (κ3) is 1.92. The van der Waals surface area contributed by atoms with E-state index in [1.165, 1.54) is 0 Å². The second-order valence-corrected chi connectivity index (χ2v) is 4.06. The molecule has 1 aliphatic rings. The molecule has 96 valence electrons. The minimum Gasteiger partial charge on any atom is -0.480 e. The van der Waals surface area contributed by atoms with Gasteiger partial charge in [-0.1, -0.05) is 0 Å². The Kier molecular flexibility index (Phi) is 2.76. The minimum absolute atomic E-state index is 0.222. The first kappa shape index (κ1) is 12.4. The molecule has 0 heterocycles. The molecule has 1 aromatic carbocycles. The second-order valence-electron chi connectivity index (χ2n) is 4.06. The fraction of sp³-hybridized carbons (Fsp3) is 0.273. The van der Waals surface area contributed by atoms with Crippen molar-refractivity contribution in [3.63, 3.8) is 0 Å². The van der Waals surface area contributed by atoms with Crippen molar-refractivity contribution >= 4 is 11.9 Å². The lowest BCUT2D eigenvalue weighted by Gasteiger charge is -2.12. The van der Waals surface area contributed by atoms with Crippen LogP contribution in [0.5, 0.6) is 0 Å². The van der Waals surface area contributed by atoms with Crippen molar-refractivity contribution in [3.05, 3.63) is 35.1 Å². The van der Waals surface area contributed by atoms with Crippen molar-refractivity contribution in [1.82, 2.24) is 5.32 Å². The molecule has 2 rings (SSSR count). The van der Waals surface area contributed by atoms with Gasteiger partial charge in [-0.3, -0.25) is 4.79 Å². The van der Waals surface area contributed by atoms with Gasteiger partial charge in [0.25, 0.3) is 5.91 Å². The maximum atomic E-state index is 13.3. The smallest absolute Gasteiger partial charge is 0.329 e. The van der Waals surface area contributed by atoms with Crippen LogP contribution in [0.15, 0.2) is 12.1 Å². The summed E-state index contributed by atoms with van der Waals surface area (Å²) < 4.78 is 38.9. The van der Waals surface area contributed by atoms with Gasteiger partial charge in [-0.15, -0.1) is 0 Å². The van der Waals surface area contributed by atoms with Crippen molar-refractivity contribution < 1.29 is 27.9 Å². The molecule has 0 saturated heterocycles. The summed E-state index contributed by atoms with van der Waals surface area (Å²) in [5, 5.41) is 10.9. The predicted octanol–water partition coefficient (Wildman–Crippen LogP) is 1.45. The van der Waals surface area contributed by atoms with Crippen LogP contribution < -0.4 is 5.32 Å². The summed E-state index contributed by atoms with van der Waals surface area (Å²) in [6, 6.07) is 1.37. The van der Waals surface area contributed by atoms with Crippen LogP contribution in [-0.2, 0) is 4.79 Å². The maximum Gasteiger partial charge on any atom is 0.329 e. The number of rotatable bonds is 3. The first-order valence-corrected chi connectivity index (χ1v) is 5.07. The van der Waals surface area contributed by atoms with E-state index in [1.807, 2.05) is 0 Å². The number of aliphatic carboxylic acids is 1. The molecule has 0 aliphatic heterocycles. The molecule has 1 fully saturated rings. The van der Waals surface area contributed by atoms with Crippen LogP contribution in [-0.4, -0.2) is 22.5 Å². The van der Waals surface area contributed by atoms with E-state index in [9.17, 15) is 22.8 Å². The van der Waals surface area contributed by atoms with Gasteiger partial charge in [-0.05, 0) is 25.0 Å². The zero-order valence-corrected chi connectivity index (χ0v) is 8.97. The lowest BCUT2D eigenvalue weighted by molar-refractivity contribution is -0.140. The minimum atomic E-state index is -1.76. The fourth-order valence-electron chi connectivity index (χ4n) is 1.50. The van der Waals surface area contributed by atoms with Gasteiger partial charge >= 0.3 is 5.97 Å². The Morgan fingerprint density at radius 1 is 1.17 bits per heavy atom. The Bertz CT molecular complexity index is 541. The van der Waals surface area contributed by atoms with E-state index in [0.29, 0.717) is 6.07 Å². The predicted molar refractivity (Wildman–Crippen MR) is 53.4 cm³/mol. The monoisotopic (exact) mass is 259 g/mol. The highest BCUT2D eigenvalue weighted by Gasteiger charge is 2.51. The maximum absolute atomic E-state index is 13.3. The summed E-state index contributed by atoms with van der Waals surface area (Å²) >= 11 is 0. The van der Waals surface area contributed by atoms with Crippen LogP contribution in [0, 0.1) is 17.5 Å². The van der Waals surface area contributed by atoms with Crippen LogP contribution in [0.2, 0.25) is 0 Å². The summed E-state index contributed by atoms with van der Waals surface area (Å²) in [5.74, 6) is -7.12. The zero-order chi connectivity index (χ0) is 13.5. The van der Waals surface area contributed by atoms with E-state index in [0.717, 1.165) is 6.07 Å². The number of amides is 1. The summed E-state index contributed by atoms with van der Waals surface area (Å²) in [4.78, 5) is 22.4. The summed E-state index contributed by atoms with van der Waals surface area (Å²) in [6.07, 6.45) is 0.443. The Morgan fingerprint density at radius 3 is 2.28 bits per heavy atom. The molecule has 0 aromatic heterocycles. The lowest BCUT2D eigenvalue weighted by atomic mass is 10.1. The Hall–Kier alpha value is -2.05. The molecule has 0 spiro atoms. The van der Waals surface area contributed by atoms with Gasteiger partial charge in [0, 0.05) is 0 Å². The number of carboxylic acids is 1. The van der Waals surface area contributed by atoms with Crippen molar-refractivity contribution in [3.8, 4) is 0 Å². The molecule has 18 heavy (non-hydrogen) atoms. The number of carbonyl (C=O) groups is 2. The van der Waals surface area contributed by atoms with Gasteiger partial charge in [-0.2, -0.15) is 0 Å². The van der Waals surface area contributed by atoms with Crippen molar-refractivity contribution in [1.29, 1.82) is 0 Å². The van der Waals surface area contributed by atoms with Crippen LogP contribution in [0.3, 0.4) is 0 Å². The third-order valence-electron chi connectivity index (χ3n) is 2.79. The molecular formula is C11H8F3NO3. The molecule has 0 bridgehead atoms. The normalized spacial score (nSPS) is 16.2. The van der Waals surface area contributed by atoms with Gasteiger partial charge in [-0.25, -0.2) is 18.0 Å². The average Bonchev–Trinajstić information content (AvgIpc) is 3.07. The third-order valence-corrected chi connectivity index (χ3v) is 2.79. The number of benzene rings is 1. The molecular weight excluding hydrogens is 251 g/mol. The molecule has 1 saturated carbocycles. The molecule has 2 N–H and O–H groups in total. The molecule has 0 unspecified atom stereocenters. The fourth-order valence-corrected chi connectivity index (χ4v) is 1.50. The number of hydrogen-bond acceptors (Lipinski definition) is 2. The van der Waals surface area contributed by atoms with Gasteiger partial charge in [0.05, 0.1) is 5.56 Å². The molecule has 0 radical (unpaired) electrons. The van der Waals surface area contributed by atoms with Gasteiger partial charge < -0.3 is 10.4 Å². The second kappa shape index (κ2) is 4.01. The Balaban J connectivity index is 2.25. The SMILES string of the molecule is O=C(NC1(C(=O)O)CC1)c1ccc(F)c(F)c1F. The standard InChI is InChI=1S/C11H8F3NO3/c12-6-2-1-5(7(13)8(6)14)9(16)15-11(3-4-11)10(17)18/h1-2H,3-4H2,(H,15,16)(H,17,18). The van der Waals surface area contributed by atoms with E-state index >= 15 is 0 Å². The topological polar surface area (TPSA) is 66.4 Å². The van der Waals surface area contributed by atoms with Crippen molar-refractivity contribution in [2.75, 3.05) is 0 Å². The molecule has 1 amide bonds. The first-order chi connectivity index (χ1) is 8.37. The molecule has 7 heteroatoms. The van der Waals surface area contributed by atoms with E-state index in [-0.39, 0.29) is 12.8 Å². The summed E-state index contributed by atoms with van der Waals surface area (Å²) in [5.41, 5.74) is -2.13. The van der Waals surface area contributed by atoms with Gasteiger partial charge in [0.1, 0.15) is 5.54 Å². The number of hydrogen-bond donors (Lipinski definition) is 2. The van der Waals surface area contributed by atoms with E-state index < -0.39 is 40.4 Å². The molecule has 0 atom stereocenters. The largest absolute Gasteiger partial charge is 0.480 e. The van der Waals surface area contributed by atoms with Crippen molar-refractivity contribution in [2.24, 2.45) is 0 Å². The van der Waals surface area contributed by atoms with E-state index in [2.05, 4.69) is 5.32 Å². The highest BCUT2D eigenvalue weighted by atomic mass is 19.2. The van der Waals surface area contributed by atoms with Crippen molar-refractivity contribution in [2.45, 2.75) is 18.4 Å². The summed E-state index contributed by atoms with van der Waals surface area (Å²) in [7, 11) is 0. The van der Waals surface area contributed by atoms with Crippen LogP contribution in [0.4, 0.5) is 13.2 Å². The molecule has 1 aromatic rings. The van der Waals surface area contributed by atoms with Crippen LogP contribution in [0.25, 0.3) is 0 Å². The lowest BCUT2D eigenvalue weighted by Crippen LogP contribution is -2.43. The molecule has 1 aliphatic carbocycles. The van der Waals surface area contributed by atoms with Crippen LogP contribution in [0.1, 0.15) is 23.2 Å². The van der Waals surface area contributed by atoms with E-state index in [1.54, 1.807) is 0 Å². The van der Waals surface area contributed by atoms with Gasteiger partial charge in [0.2, 0.25) is 0 Å².